The number of rotatable bonds is 3. The topological polar surface area (TPSA) is 35.3 Å². The SMILES string of the molecule is Cc1ccc2oc(-c3cc(I)ccc3OC(C)C)nc2c1. The third kappa shape index (κ3) is 3.05. The molecule has 21 heavy (non-hydrogen) atoms. The van der Waals surface area contributed by atoms with Crippen LogP contribution in [0.3, 0.4) is 0 Å². The third-order valence-electron chi connectivity index (χ3n) is 3.08. The highest BCUT2D eigenvalue weighted by atomic mass is 127. The summed E-state index contributed by atoms with van der Waals surface area (Å²) in [6, 6.07) is 12.0. The quantitative estimate of drug-likeness (QED) is 0.575. The van der Waals surface area contributed by atoms with Gasteiger partial charge in [-0.25, -0.2) is 4.98 Å². The van der Waals surface area contributed by atoms with Crippen LogP contribution in [0.2, 0.25) is 0 Å². The van der Waals surface area contributed by atoms with Crippen LogP contribution in [-0.2, 0) is 0 Å². The molecule has 0 aliphatic heterocycles. The van der Waals surface area contributed by atoms with Crippen LogP contribution in [0.1, 0.15) is 19.4 Å². The summed E-state index contributed by atoms with van der Waals surface area (Å²) in [5.41, 5.74) is 3.73. The summed E-state index contributed by atoms with van der Waals surface area (Å²) in [6.07, 6.45) is 0.107. The summed E-state index contributed by atoms with van der Waals surface area (Å²) in [6.45, 7) is 6.07. The molecule has 4 heteroatoms. The average molecular weight is 393 g/mol. The Bertz CT molecular complexity index is 793. The predicted molar refractivity (Wildman–Crippen MR) is 92.7 cm³/mol. The fourth-order valence-corrected chi connectivity index (χ4v) is 2.67. The zero-order valence-electron chi connectivity index (χ0n) is 12.2. The van der Waals surface area contributed by atoms with Gasteiger partial charge in [0.2, 0.25) is 5.89 Å². The summed E-state index contributed by atoms with van der Waals surface area (Å²) in [5.74, 6) is 1.40. The highest BCUT2D eigenvalue weighted by Gasteiger charge is 2.15. The molecule has 0 atom stereocenters. The van der Waals surface area contributed by atoms with Gasteiger partial charge in [-0.05, 0) is 79.3 Å². The molecule has 3 rings (SSSR count). The lowest BCUT2D eigenvalue weighted by atomic mass is 10.2. The Kier molecular flexibility index (Phi) is 3.89. The molecular weight excluding hydrogens is 377 g/mol. The highest BCUT2D eigenvalue weighted by molar-refractivity contribution is 14.1. The van der Waals surface area contributed by atoms with Gasteiger partial charge in [-0.1, -0.05) is 6.07 Å². The Hall–Kier alpha value is -1.56. The maximum atomic E-state index is 5.89. The molecule has 0 saturated carbocycles. The summed E-state index contributed by atoms with van der Waals surface area (Å²) < 4.78 is 12.9. The van der Waals surface area contributed by atoms with Crippen molar-refractivity contribution in [1.82, 2.24) is 4.98 Å². The van der Waals surface area contributed by atoms with E-state index in [4.69, 9.17) is 9.15 Å². The molecule has 0 aliphatic rings. The number of aromatic nitrogens is 1. The molecule has 0 saturated heterocycles. The zero-order valence-corrected chi connectivity index (χ0v) is 14.3. The van der Waals surface area contributed by atoms with E-state index in [-0.39, 0.29) is 6.10 Å². The minimum absolute atomic E-state index is 0.107. The Morgan fingerprint density at radius 3 is 2.71 bits per heavy atom. The van der Waals surface area contributed by atoms with Crippen molar-refractivity contribution >= 4 is 33.7 Å². The lowest BCUT2D eigenvalue weighted by molar-refractivity contribution is 0.243. The molecule has 0 amide bonds. The van der Waals surface area contributed by atoms with Gasteiger partial charge in [0.25, 0.3) is 0 Å². The highest BCUT2D eigenvalue weighted by Crippen LogP contribution is 2.33. The summed E-state index contributed by atoms with van der Waals surface area (Å²) in [7, 11) is 0. The average Bonchev–Trinajstić information content (AvgIpc) is 2.83. The van der Waals surface area contributed by atoms with Crippen LogP contribution in [0.15, 0.2) is 40.8 Å². The van der Waals surface area contributed by atoms with E-state index >= 15 is 0 Å². The second kappa shape index (κ2) is 5.67. The third-order valence-corrected chi connectivity index (χ3v) is 3.75. The number of benzene rings is 2. The molecule has 0 radical (unpaired) electrons. The molecule has 1 aromatic heterocycles. The number of aryl methyl sites for hydroxylation is 1. The van der Waals surface area contributed by atoms with E-state index in [2.05, 4.69) is 27.6 Å². The molecule has 108 valence electrons. The van der Waals surface area contributed by atoms with Crippen molar-refractivity contribution in [3.8, 4) is 17.2 Å². The molecule has 0 unspecified atom stereocenters. The van der Waals surface area contributed by atoms with Crippen LogP contribution in [0.4, 0.5) is 0 Å². The van der Waals surface area contributed by atoms with Crippen LogP contribution < -0.4 is 4.74 Å². The summed E-state index contributed by atoms with van der Waals surface area (Å²) in [5, 5.41) is 0. The summed E-state index contributed by atoms with van der Waals surface area (Å²) >= 11 is 2.28. The van der Waals surface area contributed by atoms with Crippen molar-refractivity contribution in [2.45, 2.75) is 26.9 Å². The van der Waals surface area contributed by atoms with Gasteiger partial charge in [0, 0.05) is 3.57 Å². The van der Waals surface area contributed by atoms with Gasteiger partial charge < -0.3 is 9.15 Å². The minimum Gasteiger partial charge on any atom is -0.490 e. The van der Waals surface area contributed by atoms with E-state index in [0.717, 1.165) is 26.0 Å². The van der Waals surface area contributed by atoms with Gasteiger partial charge in [-0.15, -0.1) is 0 Å². The number of hydrogen-bond donors (Lipinski definition) is 0. The normalized spacial score (nSPS) is 11.3. The Morgan fingerprint density at radius 2 is 1.95 bits per heavy atom. The molecule has 2 aromatic carbocycles. The van der Waals surface area contributed by atoms with Crippen molar-refractivity contribution in [2.75, 3.05) is 0 Å². The fourth-order valence-electron chi connectivity index (χ4n) is 2.18. The maximum absolute atomic E-state index is 5.89. The summed E-state index contributed by atoms with van der Waals surface area (Å²) in [4.78, 5) is 4.60. The lowest BCUT2D eigenvalue weighted by Crippen LogP contribution is -2.06. The maximum Gasteiger partial charge on any atom is 0.231 e. The van der Waals surface area contributed by atoms with Crippen LogP contribution in [0.5, 0.6) is 5.75 Å². The molecule has 0 spiro atoms. The second-order valence-corrected chi connectivity index (χ2v) is 6.54. The van der Waals surface area contributed by atoms with E-state index in [1.165, 1.54) is 5.56 Å². The Labute approximate surface area is 137 Å². The van der Waals surface area contributed by atoms with Crippen molar-refractivity contribution in [1.29, 1.82) is 0 Å². The number of halogens is 1. The van der Waals surface area contributed by atoms with Crippen LogP contribution in [0.25, 0.3) is 22.6 Å². The Balaban J connectivity index is 2.14. The number of hydrogen-bond acceptors (Lipinski definition) is 3. The van der Waals surface area contributed by atoms with E-state index in [1.54, 1.807) is 0 Å². The van der Waals surface area contributed by atoms with E-state index in [0.29, 0.717) is 5.89 Å². The van der Waals surface area contributed by atoms with Crippen molar-refractivity contribution < 1.29 is 9.15 Å². The Morgan fingerprint density at radius 1 is 1.14 bits per heavy atom. The number of oxazole rings is 1. The fraction of sp³-hybridized carbons (Fsp3) is 0.235. The van der Waals surface area contributed by atoms with Gasteiger partial charge in [0.1, 0.15) is 11.3 Å². The molecule has 0 N–H and O–H groups in total. The van der Waals surface area contributed by atoms with Gasteiger partial charge in [0.05, 0.1) is 11.7 Å². The molecule has 0 aliphatic carbocycles. The molecule has 3 nitrogen and oxygen atoms in total. The second-order valence-electron chi connectivity index (χ2n) is 5.30. The largest absolute Gasteiger partial charge is 0.490 e. The van der Waals surface area contributed by atoms with Gasteiger partial charge in [-0.3, -0.25) is 0 Å². The van der Waals surface area contributed by atoms with E-state index in [9.17, 15) is 0 Å². The minimum atomic E-state index is 0.107. The van der Waals surface area contributed by atoms with Crippen LogP contribution in [-0.4, -0.2) is 11.1 Å². The van der Waals surface area contributed by atoms with E-state index in [1.807, 2.05) is 57.2 Å². The zero-order chi connectivity index (χ0) is 15.0. The number of nitrogens with zero attached hydrogens (tertiary/aromatic N) is 1. The predicted octanol–water partition coefficient (Wildman–Crippen LogP) is 5.20. The molecule has 1 heterocycles. The van der Waals surface area contributed by atoms with Gasteiger partial charge in [0.15, 0.2) is 5.58 Å². The van der Waals surface area contributed by atoms with Crippen molar-refractivity contribution in [2.24, 2.45) is 0 Å². The standard InChI is InChI=1S/C17H16INO2/c1-10(2)20-15-7-5-12(18)9-13(15)17-19-14-8-11(3)4-6-16(14)21-17/h4-10H,1-3H3. The molecule has 3 aromatic rings. The first-order valence-corrected chi connectivity index (χ1v) is 7.94. The number of fused-ring (bicyclic) bond motifs is 1. The first-order valence-electron chi connectivity index (χ1n) is 6.87. The number of ether oxygens (including phenoxy) is 1. The lowest BCUT2D eigenvalue weighted by Gasteiger charge is -2.12. The van der Waals surface area contributed by atoms with Gasteiger partial charge in [-0.2, -0.15) is 0 Å². The molecule has 0 bridgehead atoms. The van der Waals surface area contributed by atoms with Crippen LogP contribution in [0, 0.1) is 10.5 Å². The van der Waals surface area contributed by atoms with Crippen LogP contribution >= 0.6 is 22.6 Å². The monoisotopic (exact) mass is 393 g/mol. The van der Waals surface area contributed by atoms with Crippen molar-refractivity contribution in [3.63, 3.8) is 0 Å². The van der Waals surface area contributed by atoms with Crippen molar-refractivity contribution in [3.05, 3.63) is 45.5 Å². The smallest absolute Gasteiger partial charge is 0.231 e. The molecular formula is C17H16INO2. The first-order chi connectivity index (χ1) is 10.0. The van der Waals surface area contributed by atoms with Gasteiger partial charge >= 0.3 is 0 Å². The first kappa shape index (κ1) is 14.4. The van der Waals surface area contributed by atoms with E-state index < -0.39 is 0 Å². The molecule has 0 fully saturated rings.